The molecule has 90 valence electrons. The summed E-state index contributed by atoms with van der Waals surface area (Å²) in [4.78, 5) is 16.3. The molecule has 0 saturated carbocycles. The lowest BCUT2D eigenvalue weighted by atomic mass is 10.1. The molecule has 0 aromatic carbocycles. The van der Waals surface area contributed by atoms with E-state index in [-0.39, 0.29) is 5.91 Å². The number of azide groups is 1. The van der Waals surface area contributed by atoms with E-state index in [1.807, 2.05) is 4.90 Å². The summed E-state index contributed by atoms with van der Waals surface area (Å²) in [5.41, 5.74) is 8.07. The van der Waals surface area contributed by atoms with E-state index in [0.29, 0.717) is 13.0 Å². The van der Waals surface area contributed by atoms with Crippen LogP contribution in [0.25, 0.3) is 10.4 Å². The average Bonchev–Trinajstić information content (AvgIpc) is 2.34. The Kier molecular flexibility index (Phi) is 6.37. The van der Waals surface area contributed by atoms with Crippen molar-refractivity contribution in [1.29, 1.82) is 0 Å². The molecular weight excluding hydrogens is 206 g/mol. The van der Waals surface area contributed by atoms with E-state index < -0.39 is 0 Å². The zero-order valence-corrected chi connectivity index (χ0v) is 9.56. The highest BCUT2D eigenvalue weighted by molar-refractivity contribution is 5.76. The van der Waals surface area contributed by atoms with Gasteiger partial charge < -0.3 is 10.2 Å². The summed E-state index contributed by atoms with van der Waals surface area (Å²) in [6.07, 6.45) is 3.34. The summed E-state index contributed by atoms with van der Waals surface area (Å²) < 4.78 is 0. The van der Waals surface area contributed by atoms with Crippen LogP contribution in [0, 0.1) is 0 Å². The van der Waals surface area contributed by atoms with Crippen LogP contribution in [0.2, 0.25) is 0 Å². The van der Waals surface area contributed by atoms with Crippen LogP contribution in [0.1, 0.15) is 25.7 Å². The minimum atomic E-state index is 0.255. The maximum atomic E-state index is 11.7. The Bertz CT molecular complexity index is 256. The highest BCUT2D eigenvalue weighted by Gasteiger charge is 2.14. The molecule has 0 aromatic heterocycles. The molecule has 0 aromatic rings. The molecule has 6 heteroatoms. The molecule has 0 spiro atoms. The zero-order valence-electron chi connectivity index (χ0n) is 9.56. The van der Waals surface area contributed by atoms with Gasteiger partial charge >= 0.3 is 0 Å². The smallest absolute Gasteiger partial charge is 0.222 e. The summed E-state index contributed by atoms with van der Waals surface area (Å²) >= 11 is 0. The summed E-state index contributed by atoms with van der Waals surface area (Å²) in [5, 5.41) is 6.67. The van der Waals surface area contributed by atoms with Crippen LogP contribution >= 0.6 is 0 Å². The first kappa shape index (κ1) is 12.8. The summed E-state index contributed by atoms with van der Waals surface area (Å²) in [6, 6.07) is 0. The number of unbranched alkanes of at least 4 members (excludes halogenated alkanes) is 2. The fourth-order valence-electron chi connectivity index (χ4n) is 1.75. The minimum absolute atomic E-state index is 0.255. The van der Waals surface area contributed by atoms with E-state index in [4.69, 9.17) is 5.53 Å². The van der Waals surface area contributed by atoms with Gasteiger partial charge in [0.2, 0.25) is 5.91 Å². The Hall–Kier alpha value is -1.26. The Morgan fingerprint density at radius 1 is 1.31 bits per heavy atom. The van der Waals surface area contributed by atoms with Crippen molar-refractivity contribution in [2.24, 2.45) is 5.11 Å². The molecule has 1 N–H and O–H groups in total. The highest BCUT2D eigenvalue weighted by atomic mass is 16.2. The Balaban J connectivity index is 2.03. The predicted octanol–water partition coefficient (Wildman–Crippen LogP) is 1.29. The molecule has 1 amide bonds. The first-order valence-corrected chi connectivity index (χ1v) is 5.84. The van der Waals surface area contributed by atoms with Crippen molar-refractivity contribution < 1.29 is 4.79 Å². The van der Waals surface area contributed by atoms with Crippen molar-refractivity contribution in [3.63, 3.8) is 0 Å². The lowest BCUT2D eigenvalue weighted by Gasteiger charge is -2.27. The number of nitrogens with zero attached hydrogens (tertiary/aromatic N) is 4. The maximum Gasteiger partial charge on any atom is 0.222 e. The summed E-state index contributed by atoms with van der Waals surface area (Å²) in [6.45, 7) is 4.01. The van der Waals surface area contributed by atoms with E-state index in [9.17, 15) is 4.79 Å². The molecule has 6 nitrogen and oxygen atoms in total. The SMILES string of the molecule is [N-]=[N+]=NCCCCCC(=O)N1CCNCC1. The third kappa shape index (κ3) is 5.00. The topological polar surface area (TPSA) is 81.1 Å². The van der Waals surface area contributed by atoms with Gasteiger partial charge in [-0.05, 0) is 18.4 Å². The van der Waals surface area contributed by atoms with Crippen molar-refractivity contribution in [3.05, 3.63) is 10.4 Å². The van der Waals surface area contributed by atoms with E-state index in [1.165, 1.54) is 0 Å². The molecule has 16 heavy (non-hydrogen) atoms. The monoisotopic (exact) mass is 225 g/mol. The number of carbonyl (C=O) groups excluding carboxylic acids is 1. The molecule has 1 fully saturated rings. The third-order valence-electron chi connectivity index (χ3n) is 2.68. The van der Waals surface area contributed by atoms with Gasteiger partial charge in [-0.25, -0.2) is 0 Å². The van der Waals surface area contributed by atoms with Gasteiger partial charge in [0.05, 0.1) is 0 Å². The minimum Gasteiger partial charge on any atom is -0.340 e. The van der Waals surface area contributed by atoms with Gasteiger partial charge in [-0.2, -0.15) is 0 Å². The molecule has 1 heterocycles. The molecular formula is C10H19N5O. The average molecular weight is 225 g/mol. The van der Waals surface area contributed by atoms with Gasteiger partial charge in [0.1, 0.15) is 0 Å². The fraction of sp³-hybridized carbons (Fsp3) is 0.900. The van der Waals surface area contributed by atoms with Gasteiger partial charge in [-0.3, -0.25) is 4.79 Å². The number of nitrogens with one attached hydrogen (secondary N) is 1. The number of hydrogen-bond donors (Lipinski definition) is 1. The Morgan fingerprint density at radius 3 is 2.75 bits per heavy atom. The van der Waals surface area contributed by atoms with E-state index in [2.05, 4.69) is 15.3 Å². The Labute approximate surface area is 95.6 Å². The van der Waals surface area contributed by atoms with Crippen molar-refractivity contribution in [3.8, 4) is 0 Å². The van der Waals surface area contributed by atoms with Crippen LogP contribution in [0.3, 0.4) is 0 Å². The van der Waals surface area contributed by atoms with Crippen LogP contribution < -0.4 is 5.32 Å². The molecule has 1 aliphatic rings. The van der Waals surface area contributed by atoms with Gasteiger partial charge in [0.25, 0.3) is 0 Å². The predicted molar refractivity (Wildman–Crippen MR) is 61.9 cm³/mol. The molecule has 1 saturated heterocycles. The van der Waals surface area contributed by atoms with E-state index in [1.54, 1.807) is 0 Å². The quantitative estimate of drug-likeness (QED) is 0.320. The summed E-state index contributed by atoms with van der Waals surface area (Å²) in [5.74, 6) is 0.255. The number of carbonyl (C=O) groups is 1. The molecule has 0 unspecified atom stereocenters. The zero-order chi connectivity index (χ0) is 11.6. The van der Waals surface area contributed by atoms with Gasteiger partial charge in [-0.15, -0.1) is 0 Å². The number of piperazine rings is 1. The van der Waals surface area contributed by atoms with Crippen LogP contribution in [0.5, 0.6) is 0 Å². The number of hydrogen-bond acceptors (Lipinski definition) is 3. The maximum absolute atomic E-state index is 11.7. The first-order valence-electron chi connectivity index (χ1n) is 5.84. The number of rotatable bonds is 6. The van der Waals surface area contributed by atoms with E-state index >= 15 is 0 Å². The van der Waals surface area contributed by atoms with Gasteiger partial charge in [-0.1, -0.05) is 11.5 Å². The van der Waals surface area contributed by atoms with Crippen LogP contribution in [-0.4, -0.2) is 43.5 Å². The second-order valence-electron chi connectivity index (χ2n) is 3.90. The van der Waals surface area contributed by atoms with Gasteiger partial charge in [0.15, 0.2) is 0 Å². The third-order valence-corrected chi connectivity index (χ3v) is 2.68. The fourth-order valence-corrected chi connectivity index (χ4v) is 1.75. The van der Waals surface area contributed by atoms with E-state index in [0.717, 1.165) is 45.4 Å². The second-order valence-corrected chi connectivity index (χ2v) is 3.90. The van der Waals surface area contributed by atoms with Crippen molar-refractivity contribution in [2.75, 3.05) is 32.7 Å². The van der Waals surface area contributed by atoms with Gasteiger partial charge in [0, 0.05) is 44.1 Å². The largest absolute Gasteiger partial charge is 0.340 e. The lowest BCUT2D eigenvalue weighted by Crippen LogP contribution is -2.46. The normalized spacial score (nSPS) is 15.6. The summed E-state index contributed by atoms with van der Waals surface area (Å²) in [7, 11) is 0. The lowest BCUT2D eigenvalue weighted by molar-refractivity contribution is -0.131. The van der Waals surface area contributed by atoms with Crippen LogP contribution in [0.4, 0.5) is 0 Å². The first-order chi connectivity index (χ1) is 7.84. The van der Waals surface area contributed by atoms with Crippen molar-refractivity contribution in [1.82, 2.24) is 10.2 Å². The van der Waals surface area contributed by atoms with Crippen LogP contribution in [-0.2, 0) is 4.79 Å². The molecule has 0 atom stereocenters. The molecule has 1 aliphatic heterocycles. The van der Waals surface area contributed by atoms with Crippen molar-refractivity contribution >= 4 is 5.91 Å². The highest BCUT2D eigenvalue weighted by Crippen LogP contribution is 2.04. The molecule has 0 aliphatic carbocycles. The molecule has 0 bridgehead atoms. The molecule has 1 rings (SSSR count). The second kappa shape index (κ2) is 7.96. The van der Waals surface area contributed by atoms with Crippen molar-refractivity contribution in [2.45, 2.75) is 25.7 Å². The molecule has 0 radical (unpaired) electrons. The van der Waals surface area contributed by atoms with Crippen LogP contribution in [0.15, 0.2) is 5.11 Å². The number of amides is 1. The Morgan fingerprint density at radius 2 is 2.06 bits per heavy atom. The standard InChI is InChI=1S/C10H19N5O/c11-14-13-5-3-1-2-4-10(16)15-8-6-12-7-9-15/h12H,1-9H2.